The van der Waals surface area contributed by atoms with Gasteiger partial charge in [-0.05, 0) is 48.2 Å². The van der Waals surface area contributed by atoms with Gasteiger partial charge in [0.15, 0.2) is 0 Å². The lowest BCUT2D eigenvalue weighted by Crippen LogP contribution is -2.22. The van der Waals surface area contributed by atoms with Gasteiger partial charge in [-0.1, -0.05) is 34.5 Å². The fraction of sp³-hybridized carbons (Fsp3) is 0.375. The van der Waals surface area contributed by atoms with Gasteiger partial charge < -0.3 is 4.74 Å². The van der Waals surface area contributed by atoms with Crippen LogP contribution < -0.4 is 4.74 Å². The lowest BCUT2D eigenvalue weighted by Gasteiger charge is -2.24. The molecule has 2 atom stereocenters. The summed E-state index contributed by atoms with van der Waals surface area (Å²) < 4.78 is 7.28. The summed E-state index contributed by atoms with van der Waals surface area (Å²) in [6, 6.07) is 10.9. The van der Waals surface area contributed by atoms with Crippen molar-refractivity contribution in [2.75, 3.05) is 0 Å². The van der Waals surface area contributed by atoms with E-state index in [0.717, 1.165) is 10.2 Å². The van der Waals surface area contributed by atoms with Crippen molar-refractivity contribution < 1.29 is 4.74 Å². The van der Waals surface area contributed by atoms with Gasteiger partial charge in [-0.25, -0.2) is 0 Å². The van der Waals surface area contributed by atoms with Crippen molar-refractivity contribution >= 4 is 26.7 Å². The summed E-state index contributed by atoms with van der Waals surface area (Å²) in [4.78, 5) is 0. The molecule has 0 N–H and O–H groups in total. The average molecular weight is 303 g/mol. The molecule has 1 fully saturated rings. The van der Waals surface area contributed by atoms with Crippen molar-refractivity contribution in [2.24, 2.45) is 0 Å². The van der Waals surface area contributed by atoms with Crippen LogP contribution in [0.3, 0.4) is 0 Å². The molecule has 1 saturated carbocycles. The minimum Gasteiger partial charge on any atom is -0.489 e. The Kier molecular flexibility index (Phi) is 2.41. The Bertz CT molecular complexity index is 620. The summed E-state index contributed by atoms with van der Waals surface area (Å²) >= 11 is 3.55. The van der Waals surface area contributed by atoms with Crippen molar-refractivity contribution in [2.45, 2.75) is 37.7 Å². The Morgan fingerprint density at radius 3 is 2.89 bits per heavy atom. The Morgan fingerprint density at radius 1 is 1.06 bits per heavy atom. The molecule has 0 unspecified atom stereocenters. The van der Waals surface area contributed by atoms with Gasteiger partial charge in [-0.2, -0.15) is 0 Å². The summed E-state index contributed by atoms with van der Waals surface area (Å²) in [5, 5.41) is 2.70. The van der Waals surface area contributed by atoms with Crippen molar-refractivity contribution in [3.05, 3.63) is 40.4 Å². The summed E-state index contributed by atoms with van der Waals surface area (Å²) in [6.45, 7) is 0. The summed E-state index contributed by atoms with van der Waals surface area (Å²) in [5.41, 5.74) is 1.46. The van der Waals surface area contributed by atoms with Crippen molar-refractivity contribution in [1.82, 2.24) is 0 Å². The third-order valence-corrected chi connectivity index (χ3v) is 4.83. The first-order valence-electron chi connectivity index (χ1n) is 6.72. The number of ether oxygens (including phenoxy) is 1. The number of hydrogen-bond donors (Lipinski definition) is 0. The van der Waals surface area contributed by atoms with E-state index >= 15 is 0 Å². The molecule has 92 valence electrons. The highest BCUT2D eigenvalue weighted by Gasteiger charge is 2.37. The fourth-order valence-electron chi connectivity index (χ4n) is 3.52. The number of fused-ring (bicyclic) bond motifs is 5. The Balaban J connectivity index is 1.95. The second-order valence-corrected chi connectivity index (χ2v) is 6.31. The molecule has 0 radical (unpaired) electrons. The monoisotopic (exact) mass is 302 g/mol. The van der Waals surface area contributed by atoms with E-state index in [0.29, 0.717) is 12.0 Å². The maximum Gasteiger partial charge on any atom is 0.124 e. The highest BCUT2D eigenvalue weighted by Crippen LogP contribution is 2.48. The zero-order valence-electron chi connectivity index (χ0n) is 10.2. The van der Waals surface area contributed by atoms with Crippen LogP contribution in [-0.4, -0.2) is 6.10 Å². The molecule has 2 aromatic rings. The smallest absolute Gasteiger partial charge is 0.124 e. The number of benzene rings is 2. The van der Waals surface area contributed by atoms with Crippen molar-refractivity contribution in [3.8, 4) is 5.75 Å². The van der Waals surface area contributed by atoms with Gasteiger partial charge in [0.25, 0.3) is 0 Å². The number of halogens is 1. The van der Waals surface area contributed by atoms with Gasteiger partial charge in [0.2, 0.25) is 0 Å². The van der Waals surface area contributed by atoms with Gasteiger partial charge in [0, 0.05) is 16.0 Å². The average Bonchev–Trinajstić information content (AvgIpc) is 2.77. The Hall–Kier alpha value is -1.02. The first-order chi connectivity index (χ1) is 8.83. The van der Waals surface area contributed by atoms with Crippen LogP contribution >= 0.6 is 15.9 Å². The fourth-order valence-corrected chi connectivity index (χ4v) is 3.90. The largest absolute Gasteiger partial charge is 0.489 e. The maximum atomic E-state index is 6.14. The van der Waals surface area contributed by atoms with E-state index in [9.17, 15) is 0 Å². The third kappa shape index (κ3) is 1.51. The molecule has 2 aromatic carbocycles. The number of hydrogen-bond acceptors (Lipinski definition) is 1. The quantitative estimate of drug-likeness (QED) is 0.664. The summed E-state index contributed by atoms with van der Waals surface area (Å²) in [5.74, 6) is 1.75. The molecule has 0 spiro atoms. The van der Waals surface area contributed by atoms with Crippen LogP contribution in [0.2, 0.25) is 0 Å². The van der Waals surface area contributed by atoms with Crippen LogP contribution in [0.4, 0.5) is 0 Å². The van der Waals surface area contributed by atoms with E-state index in [-0.39, 0.29) is 0 Å². The molecule has 0 saturated heterocycles. The topological polar surface area (TPSA) is 9.23 Å². The molecule has 0 aromatic heterocycles. The molecule has 2 heteroatoms. The maximum absolute atomic E-state index is 6.14. The molecular formula is C16H15BrO. The van der Waals surface area contributed by atoms with Crippen molar-refractivity contribution in [3.63, 3.8) is 0 Å². The molecule has 1 aliphatic heterocycles. The van der Waals surface area contributed by atoms with E-state index in [1.165, 1.54) is 42.0 Å². The zero-order chi connectivity index (χ0) is 12.1. The number of rotatable bonds is 0. The van der Waals surface area contributed by atoms with E-state index in [1.807, 2.05) is 0 Å². The van der Waals surface area contributed by atoms with E-state index in [4.69, 9.17) is 4.74 Å². The van der Waals surface area contributed by atoms with Gasteiger partial charge in [-0.15, -0.1) is 0 Å². The SMILES string of the molecule is Brc1ccc2c3c(ccc2c1)O[C@@H]1CCCC[C@H]31. The Morgan fingerprint density at radius 2 is 1.94 bits per heavy atom. The predicted molar refractivity (Wildman–Crippen MR) is 77.3 cm³/mol. The molecule has 0 amide bonds. The highest BCUT2D eigenvalue weighted by atomic mass is 79.9. The third-order valence-electron chi connectivity index (χ3n) is 4.34. The van der Waals surface area contributed by atoms with E-state index < -0.39 is 0 Å². The lowest BCUT2D eigenvalue weighted by atomic mass is 9.81. The molecule has 4 rings (SSSR count). The first-order valence-corrected chi connectivity index (χ1v) is 7.51. The molecular weight excluding hydrogens is 288 g/mol. The van der Waals surface area contributed by atoms with Crippen LogP contribution in [0.1, 0.15) is 37.2 Å². The first kappa shape index (κ1) is 10.9. The predicted octanol–water partition coefficient (Wildman–Crippen LogP) is 5.02. The van der Waals surface area contributed by atoms with E-state index in [2.05, 4.69) is 46.3 Å². The molecule has 2 aliphatic rings. The molecule has 0 bridgehead atoms. The van der Waals surface area contributed by atoms with E-state index in [1.54, 1.807) is 0 Å². The molecule has 18 heavy (non-hydrogen) atoms. The van der Waals surface area contributed by atoms with Crippen LogP contribution in [-0.2, 0) is 0 Å². The highest BCUT2D eigenvalue weighted by molar-refractivity contribution is 9.10. The normalized spacial score (nSPS) is 25.6. The van der Waals surface area contributed by atoms with Crippen LogP contribution in [0.25, 0.3) is 10.8 Å². The van der Waals surface area contributed by atoms with Gasteiger partial charge >= 0.3 is 0 Å². The van der Waals surface area contributed by atoms with Gasteiger partial charge in [0.05, 0.1) is 0 Å². The van der Waals surface area contributed by atoms with Gasteiger partial charge in [-0.3, -0.25) is 0 Å². The molecule has 1 heterocycles. The summed E-state index contributed by atoms with van der Waals surface area (Å²) in [7, 11) is 0. The van der Waals surface area contributed by atoms with Crippen molar-refractivity contribution in [1.29, 1.82) is 0 Å². The minimum absolute atomic E-state index is 0.433. The zero-order valence-corrected chi connectivity index (χ0v) is 11.7. The van der Waals surface area contributed by atoms with Gasteiger partial charge in [0.1, 0.15) is 11.9 Å². The Labute approximate surface area is 115 Å². The standard InChI is InChI=1S/C16H15BrO/c17-11-6-7-12-10(9-11)5-8-15-16(12)13-3-1-2-4-14(13)18-15/h5-9,13-14H,1-4H2/t13-,14+/m0/s1. The lowest BCUT2D eigenvalue weighted by molar-refractivity contribution is 0.164. The minimum atomic E-state index is 0.433. The summed E-state index contributed by atoms with van der Waals surface area (Å²) in [6.07, 6.45) is 5.60. The van der Waals surface area contributed by atoms with Crippen LogP contribution in [0, 0.1) is 0 Å². The molecule has 1 nitrogen and oxygen atoms in total. The second kappa shape index (κ2) is 3.99. The molecule has 1 aliphatic carbocycles. The van der Waals surface area contributed by atoms with Crippen LogP contribution in [0.15, 0.2) is 34.8 Å². The van der Waals surface area contributed by atoms with Crippen LogP contribution in [0.5, 0.6) is 5.75 Å². The second-order valence-electron chi connectivity index (χ2n) is 5.39.